The molecular formula is C13H19Br. The number of allylic oxidation sites excluding steroid dienone is 7. The molecule has 0 N–H and O–H groups in total. The van der Waals surface area contributed by atoms with Crippen molar-refractivity contribution in [1.29, 1.82) is 0 Å². The van der Waals surface area contributed by atoms with Crippen molar-refractivity contribution in [2.24, 2.45) is 0 Å². The van der Waals surface area contributed by atoms with Crippen molar-refractivity contribution < 1.29 is 0 Å². The second-order valence-electron chi connectivity index (χ2n) is 3.05. The minimum absolute atomic E-state index is 0.907. The monoisotopic (exact) mass is 254 g/mol. The van der Waals surface area contributed by atoms with Crippen LogP contribution in [0.25, 0.3) is 0 Å². The molecule has 0 saturated heterocycles. The van der Waals surface area contributed by atoms with Gasteiger partial charge in [-0.3, -0.25) is 0 Å². The number of hydrogen-bond donors (Lipinski definition) is 0. The molecule has 0 atom stereocenters. The van der Waals surface area contributed by atoms with Gasteiger partial charge in [-0.2, -0.15) is 0 Å². The fraction of sp³-hybridized carbons (Fsp3) is 0.385. The van der Waals surface area contributed by atoms with Crippen molar-refractivity contribution in [3.63, 3.8) is 0 Å². The lowest BCUT2D eigenvalue weighted by atomic mass is 10.1. The second-order valence-corrected chi connectivity index (χ2v) is 3.70. The molecule has 0 unspecified atom stereocenters. The molecular weight excluding hydrogens is 236 g/mol. The summed E-state index contributed by atoms with van der Waals surface area (Å²) < 4.78 is 0. The van der Waals surface area contributed by atoms with Crippen LogP contribution in [0.4, 0.5) is 0 Å². The van der Waals surface area contributed by atoms with E-state index in [4.69, 9.17) is 0 Å². The number of rotatable bonds is 6. The van der Waals surface area contributed by atoms with Gasteiger partial charge in [-0.05, 0) is 37.8 Å². The van der Waals surface area contributed by atoms with Crippen molar-refractivity contribution in [3.05, 3.63) is 48.1 Å². The van der Waals surface area contributed by atoms with E-state index in [-0.39, 0.29) is 0 Å². The summed E-state index contributed by atoms with van der Waals surface area (Å²) in [4.78, 5) is 0. The third-order valence-electron chi connectivity index (χ3n) is 1.97. The molecule has 0 aliphatic heterocycles. The normalized spacial score (nSPS) is 13.6. The maximum atomic E-state index is 3.71. The van der Waals surface area contributed by atoms with E-state index >= 15 is 0 Å². The molecule has 0 rings (SSSR count). The van der Waals surface area contributed by atoms with Crippen molar-refractivity contribution in [3.8, 4) is 0 Å². The van der Waals surface area contributed by atoms with Crippen LogP contribution in [-0.4, -0.2) is 5.33 Å². The van der Waals surface area contributed by atoms with E-state index in [0.717, 1.165) is 18.2 Å². The maximum absolute atomic E-state index is 3.71. The molecule has 78 valence electrons. The van der Waals surface area contributed by atoms with Crippen LogP contribution in [0.15, 0.2) is 48.1 Å². The van der Waals surface area contributed by atoms with Gasteiger partial charge in [-0.1, -0.05) is 46.3 Å². The summed E-state index contributed by atoms with van der Waals surface area (Å²) in [7, 11) is 0. The van der Waals surface area contributed by atoms with E-state index in [0.29, 0.717) is 0 Å². The Morgan fingerprint density at radius 3 is 2.57 bits per heavy atom. The Kier molecular flexibility index (Phi) is 8.65. The Morgan fingerprint density at radius 1 is 1.36 bits per heavy atom. The van der Waals surface area contributed by atoms with Gasteiger partial charge >= 0.3 is 0 Å². The van der Waals surface area contributed by atoms with E-state index in [9.17, 15) is 0 Å². The quantitative estimate of drug-likeness (QED) is 0.277. The van der Waals surface area contributed by atoms with E-state index in [2.05, 4.69) is 60.7 Å². The van der Waals surface area contributed by atoms with E-state index in [1.54, 1.807) is 0 Å². The smallest absolute Gasteiger partial charge is 0.0215 e. The van der Waals surface area contributed by atoms with Gasteiger partial charge in [0.2, 0.25) is 0 Å². The van der Waals surface area contributed by atoms with Gasteiger partial charge in [0.1, 0.15) is 0 Å². The zero-order valence-corrected chi connectivity index (χ0v) is 10.7. The van der Waals surface area contributed by atoms with Gasteiger partial charge in [0.15, 0.2) is 0 Å². The minimum Gasteiger partial charge on any atom is -0.103 e. The molecule has 0 heterocycles. The summed E-state index contributed by atoms with van der Waals surface area (Å²) in [5.74, 6) is 0. The number of unbranched alkanes of at least 4 members (excludes halogenated alkanes) is 1. The molecule has 0 nitrogen and oxygen atoms in total. The summed E-state index contributed by atoms with van der Waals surface area (Å²) >= 11 is 3.37. The van der Waals surface area contributed by atoms with Gasteiger partial charge in [0.25, 0.3) is 0 Å². The van der Waals surface area contributed by atoms with E-state index < -0.39 is 0 Å². The molecule has 0 aromatic heterocycles. The van der Waals surface area contributed by atoms with Gasteiger partial charge in [0, 0.05) is 5.33 Å². The molecule has 0 fully saturated rings. The second kappa shape index (κ2) is 9.01. The zero-order valence-electron chi connectivity index (χ0n) is 9.09. The highest BCUT2D eigenvalue weighted by Crippen LogP contribution is 2.12. The lowest BCUT2D eigenvalue weighted by molar-refractivity contribution is 1.04. The highest BCUT2D eigenvalue weighted by molar-refractivity contribution is 9.09. The third kappa shape index (κ3) is 5.98. The van der Waals surface area contributed by atoms with Crippen LogP contribution in [0.1, 0.15) is 26.7 Å². The van der Waals surface area contributed by atoms with Crippen LogP contribution in [0.5, 0.6) is 0 Å². The topological polar surface area (TPSA) is 0 Å². The summed E-state index contributed by atoms with van der Waals surface area (Å²) in [6.45, 7) is 7.93. The molecule has 0 saturated carbocycles. The highest BCUT2D eigenvalue weighted by Gasteiger charge is 1.92. The first-order valence-electron chi connectivity index (χ1n) is 4.93. The first-order chi connectivity index (χ1) is 6.76. The molecule has 14 heavy (non-hydrogen) atoms. The lowest BCUT2D eigenvalue weighted by Crippen LogP contribution is -1.81. The Bertz CT molecular complexity index is 244. The largest absolute Gasteiger partial charge is 0.103 e. The summed E-state index contributed by atoms with van der Waals surface area (Å²) in [5, 5.41) is 0.907. The maximum Gasteiger partial charge on any atom is 0.0215 e. The predicted molar refractivity (Wildman–Crippen MR) is 69.9 cm³/mol. The van der Waals surface area contributed by atoms with Gasteiger partial charge in [-0.15, -0.1) is 6.58 Å². The van der Waals surface area contributed by atoms with Crippen molar-refractivity contribution in [2.45, 2.75) is 26.7 Å². The summed E-state index contributed by atoms with van der Waals surface area (Å²) in [5.41, 5.74) is 2.64. The van der Waals surface area contributed by atoms with Crippen LogP contribution in [0.3, 0.4) is 0 Å². The van der Waals surface area contributed by atoms with Gasteiger partial charge in [0.05, 0.1) is 0 Å². The SMILES string of the molecule is C=CCC/C=C(C)/C(/C=C\CBr)=C/C. The molecule has 0 aliphatic rings. The van der Waals surface area contributed by atoms with Crippen LogP contribution in [0.2, 0.25) is 0 Å². The third-order valence-corrected chi connectivity index (χ3v) is 2.35. The Morgan fingerprint density at radius 2 is 2.07 bits per heavy atom. The molecule has 1 heteroatoms. The Labute approximate surface area is 96.2 Å². The first-order valence-corrected chi connectivity index (χ1v) is 6.05. The molecule has 0 aromatic carbocycles. The van der Waals surface area contributed by atoms with Crippen LogP contribution < -0.4 is 0 Å². The van der Waals surface area contributed by atoms with Crippen LogP contribution in [0, 0.1) is 0 Å². The average Bonchev–Trinajstić information content (AvgIpc) is 2.19. The molecule has 0 amide bonds. The minimum atomic E-state index is 0.907. The molecule has 0 radical (unpaired) electrons. The highest BCUT2D eigenvalue weighted by atomic mass is 79.9. The zero-order chi connectivity index (χ0) is 10.8. The fourth-order valence-corrected chi connectivity index (χ4v) is 1.35. The fourth-order valence-electron chi connectivity index (χ4n) is 1.16. The van der Waals surface area contributed by atoms with Crippen LogP contribution >= 0.6 is 15.9 Å². The van der Waals surface area contributed by atoms with E-state index in [1.165, 1.54) is 11.1 Å². The Hall–Kier alpha value is -0.560. The Balaban J connectivity index is 4.31. The first kappa shape index (κ1) is 13.4. The molecule has 0 bridgehead atoms. The predicted octanol–water partition coefficient (Wildman–Crippen LogP) is 4.80. The van der Waals surface area contributed by atoms with E-state index in [1.807, 2.05) is 6.08 Å². The molecule has 0 spiro atoms. The standard InChI is InChI=1S/C13H19Br/c1-4-6-7-9-12(3)13(5-2)10-8-11-14/h4-5,8-10H,1,6-7,11H2,2-3H3/b10-8-,12-9+,13-5+. The molecule has 0 aromatic rings. The van der Waals surface area contributed by atoms with Gasteiger partial charge < -0.3 is 0 Å². The van der Waals surface area contributed by atoms with Crippen molar-refractivity contribution in [2.75, 3.05) is 5.33 Å². The number of hydrogen-bond acceptors (Lipinski definition) is 0. The van der Waals surface area contributed by atoms with Crippen molar-refractivity contribution in [1.82, 2.24) is 0 Å². The summed E-state index contributed by atoms with van der Waals surface area (Å²) in [6.07, 6.45) is 12.7. The number of alkyl halides is 1. The average molecular weight is 255 g/mol. The van der Waals surface area contributed by atoms with Crippen molar-refractivity contribution >= 4 is 15.9 Å². The molecule has 0 aliphatic carbocycles. The van der Waals surface area contributed by atoms with Crippen LogP contribution in [-0.2, 0) is 0 Å². The van der Waals surface area contributed by atoms with Gasteiger partial charge in [-0.25, -0.2) is 0 Å². The lowest BCUT2D eigenvalue weighted by Gasteiger charge is -2.01. The number of halogens is 1. The summed E-state index contributed by atoms with van der Waals surface area (Å²) in [6, 6.07) is 0.